The molecule has 1 fully saturated rings. The van der Waals surface area contributed by atoms with Crippen LogP contribution >= 0.6 is 0 Å². The second kappa shape index (κ2) is 6.19. The number of ether oxygens (including phenoxy) is 2. The molecule has 1 saturated heterocycles. The van der Waals surface area contributed by atoms with Gasteiger partial charge in [-0.2, -0.15) is 0 Å². The van der Waals surface area contributed by atoms with Gasteiger partial charge < -0.3 is 14.6 Å². The minimum absolute atomic E-state index is 0.253. The van der Waals surface area contributed by atoms with Crippen molar-refractivity contribution in [2.75, 3.05) is 6.61 Å². The van der Waals surface area contributed by atoms with E-state index in [1.165, 1.54) is 0 Å². The molecular weight excluding hydrogens is 264 g/mol. The second-order valence-corrected chi connectivity index (χ2v) is 5.35. The fourth-order valence-electron chi connectivity index (χ4n) is 2.49. The smallest absolute Gasteiger partial charge is 0.123 e. The monoisotopic (exact) mass is 284 g/mol. The number of aromatic hydroxyl groups is 1. The third kappa shape index (κ3) is 3.37. The molecule has 2 atom stereocenters. The van der Waals surface area contributed by atoms with Crippen molar-refractivity contribution in [1.82, 2.24) is 0 Å². The molecule has 0 saturated carbocycles. The van der Waals surface area contributed by atoms with Gasteiger partial charge in [-0.05, 0) is 30.2 Å². The highest BCUT2D eigenvalue weighted by Gasteiger charge is 2.38. The molecule has 1 aliphatic rings. The van der Waals surface area contributed by atoms with Gasteiger partial charge in [0.1, 0.15) is 24.2 Å². The predicted molar refractivity (Wildman–Crippen MR) is 82.6 cm³/mol. The van der Waals surface area contributed by atoms with Crippen molar-refractivity contribution >= 4 is 0 Å². The van der Waals surface area contributed by atoms with Crippen LogP contribution in [0.3, 0.4) is 0 Å². The number of epoxide rings is 1. The lowest BCUT2D eigenvalue weighted by molar-refractivity contribution is 0.259. The molecule has 3 nitrogen and oxygen atoms in total. The summed E-state index contributed by atoms with van der Waals surface area (Å²) in [6, 6.07) is 15.1. The first-order chi connectivity index (χ1) is 10.3. The van der Waals surface area contributed by atoms with Gasteiger partial charge in [0.2, 0.25) is 0 Å². The zero-order valence-electron chi connectivity index (χ0n) is 12.2. The minimum atomic E-state index is 0.253. The number of rotatable bonds is 6. The van der Waals surface area contributed by atoms with Crippen LogP contribution in [-0.2, 0) is 4.74 Å². The largest absolute Gasteiger partial charge is 0.507 e. The van der Waals surface area contributed by atoms with Gasteiger partial charge in [-0.3, -0.25) is 0 Å². The Labute approximate surface area is 125 Å². The summed E-state index contributed by atoms with van der Waals surface area (Å²) in [5.74, 6) is 1.12. The van der Waals surface area contributed by atoms with E-state index in [0.29, 0.717) is 18.5 Å². The van der Waals surface area contributed by atoms with E-state index in [2.05, 4.69) is 6.92 Å². The Morgan fingerprint density at radius 3 is 2.52 bits per heavy atom. The number of benzene rings is 2. The van der Waals surface area contributed by atoms with Crippen molar-refractivity contribution < 1.29 is 14.6 Å². The van der Waals surface area contributed by atoms with E-state index in [9.17, 15) is 5.11 Å². The summed E-state index contributed by atoms with van der Waals surface area (Å²) in [6.07, 6.45) is 2.90. The molecule has 0 aliphatic carbocycles. The summed E-state index contributed by atoms with van der Waals surface area (Å²) in [5.41, 5.74) is 1.81. The molecule has 0 spiro atoms. The highest BCUT2D eigenvalue weighted by molar-refractivity contribution is 5.70. The molecule has 2 aromatic carbocycles. The Balaban J connectivity index is 1.59. The van der Waals surface area contributed by atoms with Crippen molar-refractivity contribution in [3.05, 3.63) is 48.5 Å². The molecule has 1 aliphatic heterocycles. The SMILES string of the molecule is CCCC1OC1COc1ccc(-c2ccccc2O)cc1. The lowest BCUT2D eigenvalue weighted by atomic mass is 10.0. The molecule has 1 heterocycles. The number of para-hydroxylation sites is 1. The molecule has 0 aromatic heterocycles. The highest BCUT2D eigenvalue weighted by Crippen LogP contribution is 2.31. The summed E-state index contributed by atoms with van der Waals surface area (Å²) in [6.45, 7) is 2.78. The molecule has 0 amide bonds. The number of hydrogen-bond acceptors (Lipinski definition) is 3. The lowest BCUT2D eigenvalue weighted by Crippen LogP contribution is -2.07. The Morgan fingerprint density at radius 2 is 1.81 bits per heavy atom. The summed E-state index contributed by atoms with van der Waals surface area (Å²) < 4.78 is 11.3. The Hall–Kier alpha value is -2.00. The third-order valence-electron chi connectivity index (χ3n) is 3.74. The molecule has 1 N–H and O–H groups in total. The highest BCUT2D eigenvalue weighted by atomic mass is 16.6. The Kier molecular flexibility index (Phi) is 4.11. The Bertz CT molecular complexity index is 592. The predicted octanol–water partition coefficient (Wildman–Crippen LogP) is 4.01. The van der Waals surface area contributed by atoms with Crippen LogP contribution in [0.2, 0.25) is 0 Å². The molecule has 0 radical (unpaired) electrons. The van der Waals surface area contributed by atoms with E-state index in [1.807, 2.05) is 42.5 Å². The van der Waals surface area contributed by atoms with Crippen molar-refractivity contribution in [1.29, 1.82) is 0 Å². The topological polar surface area (TPSA) is 42.0 Å². The molecule has 3 rings (SSSR count). The van der Waals surface area contributed by atoms with E-state index in [1.54, 1.807) is 6.07 Å². The minimum Gasteiger partial charge on any atom is -0.507 e. The third-order valence-corrected chi connectivity index (χ3v) is 3.74. The van der Waals surface area contributed by atoms with E-state index in [4.69, 9.17) is 9.47 Å². The maximum Gasteiger partial charge on any atom is 0.123 e. The zero-order chi connectivity index (χ0) is 14.7. The molecule has 0 bridgehead atoms. The van der Waals surface area contributed by atoms with Gasteiger partial charge in [-0.15, -0.1) is 0 Å². The zero-order valence-corrected chi connectivity index (χ0v) is 12.2. The van der Waals surface area contributed by atoms with Crippen LogP contribution < -0.4 is 4.74 Å². The number of phenolic OH excluding ortho intramolecular Hbond substituents is 1. The fraction of sp³-hybridized carbons (Fsp3) is 0.333. The van der Waals surface area contributed by atoms with Gasteiger partial charge in [-0.1, -0.05) is 43.7 Å². The quantitative estimate of drug-likeness (QED) is 0.815. The number of phenols is 1. The molecule has 2 unspecified atom stereocenters. The Morgan fingerprint density at radius 1 is 1.05 bits per heavy atom. The van der Waals surface area contributed by atoms with Crippen molar-refractivity contribution in [2.45, 2.75) is 32.0 Å². The van der Waals surface area contributed by atoms with Gasteiger partial charge in [0.15, 0.2) is 0 Å². The van der Waals surface area contributed by atoms with Crippen molar-refractivity contribution in [3.63, 3.8) is 0 Å². The van der Waals surface area contributed by atoms with Crippen LogP contribution in [0.4, 0.5) is 0 Å². The second-order valence-electron chi connectivity index (χ2n) is 5.35. The van der Waals surface area contributed by atoms with Crippen molar-refractivity contribution in [2.24, 2.45) is 0 Å². The lowest BCUT2D eigenvalue weighted by Gasteiger charge is -2.07. The van der Waals surface area contributed by atoms with Crippen LogP contribution in [0, 0.1) is 0 Å². The van der Waals surface area contributed by atoms with Crippen molar-refractivity contribution in [3.8, 4) is 22.6 Å². The summed E-state index contributed by atoms with van der Waals surface area (Å²) in [7, 11) is 0. The van der Waals surface area contributed by atoms with Gasteiger partial charge in [-0.25, -0.2) is 0 Å². The van der Waals surface area contributed by atoms with E-state index < -0.39 is 0 Å². The van der Waals surface area contributed by atoms with Gasteiger partial charge in [0.05, 0.1) is 6.10 Å². The summed E-state index contributed by atoms with van der Waals surface area (Å²) >= 11 is 0. The average molecular weight is 284 g/mol. The molecule has 21 heavy (non-hydrogen) atoms. The molecule has 3 heteroatoms. The molecular formula is C18H20O3. The standard InChI is InChI=1S/C18H20O3/c1-2-5-17-18(21-17)12-20-14-10-8-13(9-11-14)15-6-3-4-7-16(15)19/h3-4,6-11,17-19H,2,5,12H2,1H3. The van der Waals surface area contributed by atoms with E-state index >= 15 is 0 Å². The summed E-state index contributed by atoms with van der Waals surface area (Å²) in [4.78, 5) is 0. The number of hydrogen-bond donors (Lipinski definition) is 1. The van der Waals surface area contributed by atoms with E-state index in [0.717, 1.165) is 29.7 Å². The molecule has 2 aromatic rings. The average Bonchev–Trinajstić information content (AvgIpc) is 3.25. The first kappa shape index (κ1) is 14.0. The molecule has 110 valence electrons. The van der Waals surface area contributed by atoms with E-state index in [-0.39, 0.29) is 6.10 Å². The van der Waals surface area contributed by atoms with Crippen LogP contribution in [0.25, 0.3) is 11.1 Å². The van der Waals surface area contributed by atoms with Crippen LogP contribution in [0.5, 0.6) is 11.5 Å². The van der Waals surface area contributed by atoms with Gasteiger partial charge in [0.25, 0.3) is 0 Å². The van der Waals surface area contributed by atoms with Gasteiger partial charge >= 0.3 is 0 Å². The van der Waals surface area contributed by atoms with Crippen LogP contribution in [-0.4, -0.2) is 23.9 Å². The first-order valence-corrected chi connectivity index (χ1v) is 7.44. The fourth-order valence-corrected chi connectivity index (χ4v) is 2.49. The van der Waals surface area contributed by atoms with Crippen LogP contribution in [0.15, 0.2) is 48.5 Å². The van der Waals surface area contributed by atoms with Gasteiger partial charge in [0, 0.05) is 5.56 Å². The maximum absolute atomic E-state index is 9.85. The maximum atomic E-state index is 9.85. The summed E-state index contributed by atoms with van der Waals surface area (Å²) in [5, 5.41) is 9.85. The van der Waals surface area contributed by atoms with Crippen LogP contribution in [0.1, 0.15) is 19.8 Å². The first-order valence-electron chi connectivity index (χ1n) is 7.44. The normalized spacial score (nSPS) is 20.2.